The molecule has 13 heteroatoms. The number of carbonyl (C=O) groups excluding carboxylic acids is 2. The minimum Gasteiger partial charge on any atom is -0.406 e. The molecule has 0 saturated heterocycles. The first-order valence-corrected chi connectivity index (χ1v) is 10.8. The maximum atomic E-state index is 12.3. The van der Waals surface area contributed by atoms with Crippen LogP contribution in [0.15, 0.2) is 72.8 Å². The Hall–Kier alpha value is -5.51. The number of anilines is 4. The lowest BCUT2D eigenvalue weighted by Gasteiger charge is -2.11. The molecule has 0 aliphatic rings. The number of aromatic nitrogens is 2. The number of primary amides is 1. The standard InChI is InChI=1S/C25H18F3N7O3/c26-25(27,28)38-19-11-9-18(10-12-19)33-24(37)32-17-7-3-15(4-8-17)21-20(22(30)36)23(35-34-21)31-16-5-1-14(13-29)2-6-16/h1-12H,(H2,30,36)(H2,31,34,35)(H2,32,33,37). The van der Waals surface area contributed by atoms with E-state index in [2.05, 4.69) is 30.9 Å². The summed E-state index contributed by atoms with van der Waals surface area (Å²) in [5.74, 6) is -0.869. The van der Waals surface area contributed by atoms with Crippen LogP contribution in [-0.2, 0) is 0 Å². The van der Waals surface area contributed by atoms with Gasteiger partial charge in [-0.3, -0.25) is 9.89 Å². The molecule has 4 aromatic rings. The van der Waals surface area contributed by atoms with Crippen LogP contribution in [0.5, 0.6) is 5.75 Å². The largest absolute Gasteiger partial charge is 0.573 e. The minimum absolute atomic E-state index is 0.116. The highest BCUT2D eigenvalue weighted by atomic mass is 19.4. The predicted octanol–water partition coefficient (Wildman–Crippen LogP) is 5.33. The van der Waals surface area contributed by atoms with Crippen molar-refractivity contribution in [3.05, 3.63) is 83.9 Å². The Balaban J connectivity index is 1.43. The fraction of sp³-hybridized carbons (Fsp3) is 0.0400. The van der Waals surface area contributed by atoms with E-state index in [0.29, 0.717) is 22.5 Å². The van der Waals surface area contributed by atoms with Gasteiger partial charge in [0.1, 0.15) is 22.8 Å². The molecule has 3 amide bonds. The van der Waals surface area contributed by atoms with Crippen molar-refractivity contribution >= 4 is 34.8 Å². The number of carbonyl (C=O) groups is 2. The molecule has 0 aliphatic heterocycles. The highest BCUT2D eigenvalue weighted by Gasteiger charge is 2.31. The lowest BCUT2D eigenvalue weighted by atomic mass is 10.1. The Labute approximate surface area is 213 Å². The number of rotatable bonds is 7. The highest BCUT2D eigenvalue weighted by Crippen LogP contribution is 2.29. The van der Waals surface area contributed by atoms with Crippen LogP contribution in [0, 0.1) is 11.3 Å². The number of H-pyrrole nitrogens is 1. The number of hydrogen-bond acceptors (Lipinski definition) is 6. The van der Waals surface area contributed by atoms with Crippen LogP contribution in [0.1, 0.15) is 15.9 Å². The van der Waals surface area contributed by atoms with Crippen LogP contribution < -0.4 is 26.4 Å². The Morgan fingerprint density at radius 3 is 1.97 bits per heavy atom. The fourth-order valence-corrected chi connectivity index (χ4v) is 3.40. The van der Waals surface area contributed by atoms with Gasteiger partial charge in [0.15, 0.2) is 0 Å². The normalized spacial score (nSPS) is 10.8. The van der Waals surface area contributed by atoms with Crippen molar-refractivity contribution in [2.24, 2.45) is 5.73 Å². The van der Waals surface area contributed by atoms with Gasteiger partial charge in [0.2, 0.25) is 0 Å². The van der Waals surface area contributed by atoms with Gasteiger partial charge in [-0.15, -0.1) is 13.2 Å². The van der Waals surface area contributed by atoms with E-state index < -0.39 is 24.1 Å². The van der Waals surface area contributed by atoms with Crippen molar-refractivity contribution in [2.75, 3.05) is 16.0 Å². The lowest BCUT2D eigenvalue weighted by molar-refractivity contribution is -0.274. The summed E-state index contributed by atoms with van der Waals surface area (Å²) in [6.45, 7) is 0. The summed E-state index contributed by atoms with van der Waals surface area (Å²) >= 11 is 0. The summed E-state index contributed by atoms with van der Waals surface area (Å²) in [7, 11) is 0. The fourth-order valence-electron chi connectivity index (χ4n) is 3.40. The number of halogens is 3. The summed E-state index contributed by atoms with van der Waals surface area (Å²) in [4.78, 5) is 24.5. The van der Waals surface area contributed by atoms with E-state index in [9.17, 15) is 22.8 Å². The molecular weight excluding hydrogens is 503 g/mol. The molecule has 10 nitrogen and oxygen atoms in total. The van der Waals surface area contributed by atoms with E-state index >= 15 is 0 Å². The minimum atomic E-state index is -4.81. The van der Waals surface area contributed by atoms with Crippen molar-refractivity contribution in [3.63, 3.8) is 0 Å². The summed E-state index contributed by atoms with van der Waals surface area (Å²) in [6, 6.07) is 19.0. The maximum Gasteiger partial charge on any atom is 0.573 e. The summed E-state index contributed by atoms with van der Waals surface area (Å²) < 4.78 is 40.6. The van der Waals surface area contributed by atoms with Crippen molar-refractivity contribution < 1.29 is 27.5 Å². The van der Waals surface area contributed by atoms with Gasteiger partial charge in [0.25, 0.3) is 5.91 Å². The van der Waals surface area contributed by atoms with Crippen LogP contribution in [0.25, 0.3) is 11.3 Å². The van der Waals surface area contributed by atoms with Crippen LogP contribution in [0.2, 0.25) is 0 Å². The average molecular weight is 521 g/mol. The third-order valence-corrected chi connectivity index (χ3v) is 5.06. The van der Waals surface area contributed by atoms with E-state index in [0.717, 1.165) is 12.1 Å². The van der Waals surface area contributed by atoms with Crippen molar-refractivity contribution in [1.82, 2.24) is 10.2 Å². The van der Waals surface area contributed by atoms with E-state index in [1.807, 2.05) is 6.07 Å². The van der Waals surface area contributed by atoms with E-state index in [-0.39, 0.29) is 22.8 Å². The topological polar surface area (TPSA) is 158 Å². The molecule has 1 heterocycles. The second-order valence-electron chi connectivity index (χ2n) is 7.73. The van der Waals surface area contributed by atoms with E-state index in [1.165, 1.54) is 12.1 Å². The van der Waals surface area contributed by atoms with Gasteiger partial charge in [0, 0.05) is 22.6 Å². The molecule has 0 saturated carbocycles. The number of hydrogen-bond donors (Lipinski definition) is 5. The zero-order valence-electron chi connectivity index (χ0n) is 19.3. The molecule has 0 fully saturated rings. The smallest absolute Gasteiger partial charge is 0.406 e. The number of nitrogens with one attached hydrogen (secondary N) is 4. The molecule has 0 spiro atoms. The second kappa shape index (κ2) is 10.6. The maximum absolute atomic E-state index is 12.3. The Bertz CT molecular complexity index is 1490. The Morgan fingerprint density at radius 2 is 1.45 bits per heavy atom. The average Bonchev–Trinajstić information content (AvgIpc) is 3.29. The van der Waals surface area contributed by atoms with Gasteiger partial charge in [-0.1, -0.05) is 12.1 Å². The molecule has 0 radical (unpaired) electrons. The van der Waals surface area contributed by atoms with Crippen molar-refractivity contribution in [3.8, 4) is 23.1 Å². The van der Waals surface area contributed by atoms with Crippen molar-refractivity contribution in [2.45, 2.75) is 6.36 Å². The Morgan fingerprint density at radius 1 is 0.895 bits per heavy atom. The molecule has 0 unspecified atom stereocenters. The number of nitriles is 1. The number of ether oxygens (including phenoxy) is 1. The summed E-state index contributed by atoms with van der Waals surface area (Å²) in [5.41, 5.74) is 8.26. The highest BCUT2D eigenvalue weighted by molar-refractivity contribution is 6.04. The number of alkyl halides is 3. The monoisotopic (exact) mass is 521 g/mol. The Kier molecular flexibility index (Phi) is 7.15. The first-order chi connectivity index (χ1) is 18.1. The summed E-state index contributed by atoms with van der Waals surface area (Å²) in [5, 5.41) is 24.0. The van der Waals surface area contributed by atoms with Crippen LogP contribution in [0.4, 0.5) is 40.8 Å². The molecule has 0 bridgehead atoms. The molecular formula is C25H18F3N7O3. The van der Waals surface area contributed by atoms with Gasteiger partial charge in [-0.05, 0) is 60.7 Å². The van der Waals surface area contributed by atoms with Gasteiger partial charge in [-0.25, -0.2) is 4.79 Å². The van der Waals surface area contributed by atoms with Gasteiger partial charge >= 0.3 is 12.4 Å². The van der Waals surface area contributed by atoms with Crippen LogP contribution in [0.3, 0.4) is 0 Å². The first kappa shape index (κ1) is 25.6. The molecule has 6 N–H and O–H groups in total. The number of amides is 3. The molecule has 1 aromatic heterocycles. The number of nitrogens with zero attached hydrogens (tertiary/aromatic N) is 2. The third kappa shape index (κ3) is 6.38. The summed E-state index contributed by atoms with van der Waals surface area (Å²) in [6.07, 6.45) is -4.81. The molecule has 192 valence electrons. The molecule has 4 rings (SSSR count). The molecule has 38 heavy (non-hydrogen) atoms. The number of benzene rings is 3. The van der Waals surface area contributed by atoms with E-state index in [4.69, 9.17) is 11.0 Å². The third-order valence-electron chi connectivity index (χ3n) is 5.06. The molecule has 0 atom stereocenters. The first-order valence-electron chi connectivity index (χ1n) is 10.8. The van der Waals surface area contributed by atoms with Crippen LogP contribution >= 0.6 is 0 Å². The molecule has 0 aliphatic carbocycles. The lowest BCUT2D eigenvalue weighted by Crippen LogP contribution is -2.19. The number of nitrogens with two attached hydrogens (primary N) is 1. The van der Waals surface area contributed by atoms with Gasteiger partial charge < -0.3 is 26.4 Å². The van der Waals surface area contributed by atoms with Gasteiger partial charge in [-0.2, -0.15) is 10.4 Å². The SMILES string of the molecule is N#Cc1ccc(Nc2[nH]nc(-c3ccc(NC(=O)Nc4ccc(OC(F)(F)F)cc4)cc3)c2C(N)=O)cc1. The van der Waals surface area contributed by atoms with Gasteiger partial charge in [0.05, 0.1) is 11.6 Å². The second-order valence-corrected chi connectivity index (χ2v) is 7.73. The van der Waals surface area contributed by atoms with E-state index in [1.54, 1.807) is 48.5 Å². The zero-order valence-corrected chi connectivity index (χ0v) is 19.3. The number of urea groups is 1. The zero-order chi connectivity index (χ0) is 27.3. The van der Waals surface area contributed by atoms with Crippen LogP contribution in [-0.4, -0.2) is 28.5 Å². The molecule has 3 aromatic carbocycles. The predicted molar refractivity (Wildman–Crippen MR) is 133 cm³/mol. The quantitative estimate of drug-likeness (QED) is 0.221. The number of aromatic amines is 1. The van der Waals surface area contributed by atoms with Crippen molar-refractivity contribution in [1.29, 1.82) is 5.26 Å².